The first-order valence-corrected chi connectivity index (χ1v) is 9.76. The lowest BCUT2D eigenvalue weighted by atomic mass is 10.1. The average molecular weight is 377 g/mol. The molecule has 0 saturated carbocycles. The van der Waals surface area contributed by atoms with Gasteiger partial charge in [-0.3, -0.25) is 4.79 Å². The second kappa shape index (κ2) is 11.5. The molecule has 0 aliphatic carbocycles. The van der Waals surface area contributed by atoms with Crippen LogP contribution in [0.5, 0.6) is 5.75 Å². The molecule has 0 radical (unpaired) electrons. The average Bonchev–Trinajstić information content (AvgIpc) is 2.66. The number of halogens is 1. The third-order valence-corrected chi connectivity index (χ3v) is 4.69. The van der Waals surface area contributed by atoms with Crippen LogP contribution in [0.4, 0.5) is 4.39 Å². The van der Waals surface area contributed by atoms with E-state index in [2.05, 4.69) is 5.32 Å². The van der Waals surface area contributed by atoms with E-state index in [-0.39, 0.29) is 11.7 Å². The molecular formula is C20H24FNO3S. The number of aliphatic hydroxyl groups excluding tert-OH is 1. The predicted molar refractivity (Wildman–Crippen MR) is 103 cm³/mol. The summed E-state index contributed by atoms with van der Waals surface area (Å²) in [5.74, 6) is 1.14. The van der Waals surface area contributed by atoms with E-state index in [0.717, 1.165) is 18.4 Å². The van der Waals surface area contributed by atoms with Crippen LogP contribution in [0.1, 0.15) is 24.5 Å². The number of benzene rings is 2. The molecule has 1 unspecified atom stereocenters. The van der Waals surface area contributed by atoms with Crippen LogP contribution in [0.3, 0.4) is 0 Å². The van der Waals surface area contributed by atoms with Crippen LogP contribution in [0.25, 0.3) is 0 Å². The highest BCUT2D eigenvalue weighted by atomic mass is 32.2. The van der Waals surface area contributed by atoms with Crippen molar-refractivity contribution < 1.29 is 19.0 Å². The molecule has 1 atom stereocenters. The van der Waals surface area contributed by atoms with Gasteiger partial charge in [-0.05, 0) is 42.7 Å². The molecule has 0 heterocycles. The van der Waals surface area contributed by atoms with E-state index in [4.69, 9.17) is 4.74 Å². The molecule has 2 rings (SSSR count). The smallest absolute Gasteiger partial charge is 0.229 e. The lowest BCUT2D eigenvalue weighted by Gasteiger charge is -2.10. The number of rotatable bonds is 11. The van der Waals surface area contributed by atoms with Gasteiger partial charge in [-0.1, -0.05) is 30.3 Å². The van der Waals surface area contributed by atoms with Crippen molar-refractivity contribution in [3.8, 4) is 5.75 Å². The first-order valence-electron chi connectivity index (χ1n) is 8.61. The van der Waals surface area contributed by atoms with Gasteiger partial charge in [-0.2, -0.15) is 0 Å². The number of carbonyl (C=O) groups excluding carboxylic acids is 1. The fourth-order valence-electron chi connectivity index (χ4n) is 2.26. The van der Waals surface area contributed by atoms with Gasteiger partial charge in [0.15, 0.2) is 0 Å². The Kier molecular flexibility index (Phi) is 9.00. The van der Waals surface area contributed by atoms with Gasteiger partial charge in [-0.15, -0.1) is 11.8 Å². The van der Waals surface area contributed by atoms with E-state index in [9.17, 15) is 14.3 Å². The summed E-state index contributed by atoms with van der Waals surface area (Å²) in [6, 6.07) is 15.3. The Hall–Kier alpha value is -2.05. The van der Waals surface area contributed by atoms with Gasteiger partial charge in [0.05, 0.1) is 18.5 Å². The summed E-state index contributed by atoms with van der Waals surface area (Å²) in [6.45, 7) is 1.12. The Morgan fingerprint density at radius 1 is 1.12 bits per heavy atom. The van der Waals surface area contributed by atoms with Gasteiger partial charge < -0.3 is 15.2 Å². The second-order valence-corrected chi connectivity index (χ2v) is 6.83. The van der Waals surface area contributed by atoms with Crippen molar-refractivity contribution in [3.63, 3.8) is 0 Å². The quantitative estimate of drug-likeness (QED) is 0.588. The summed E-state index contributed by atoms with van der Waals surface area (Å²) in [6.07, 6.45) is 1.06. The number of hydrogen-bond donors (Lipinski definition) is 2. The lowest BCUT2D eigenvalue weighted by Crippen LogP contribution is -2.26. The number of aliphatic hydroxyl groups is 1. The van der Waals surface area contributed by atoms with Crippen molar-refractivity contribution >= 4 is 17.7 Å². The van der Waals surface area contributed by atoms with Crippen LogP contribution in [0.2, 0.25) is 0 Å². The normalized spacial score (nSPS) is 11.8. The van der Waals surface area contributed by atoms with Crippen molar-refractivity contribution in [2.75, 3.05) is 24.7 Å². The minimum atomic E-state index is -0.558. The third-order valence-electron chi connectivity index (χ3n) is 3.67. The van der Waals surface area contributed by atoms with E-state index in [1.54, 1.807) is 12.1 Å². The van der Waals surface area contributed by atoms with Crippen molar-refractivity contribution in [1.82, 2.24) is 5.32 Å². The molecule has 2 aromatic rings. The highest BCUT2D eigenvalue weighted by molar-refractivity contribution is 7.99. The van der Waals surface area contributed by atoms with Crippen molar-refractivity contribution in [3.05, 3.63) is 66.0 Å². The van der Waals surface area contributed by atoms with E-state index >= 15 is 0 Å². The zero-order valence-electron chi connectivity index (χ0n) is 14.6. The predicted octanol–water partition coefficient (Wildman–Crippen LogP) is 3.57. The molecular weight excluding hydrogens is 353 g/mol. The third kappa shape index (κ3) is 7.89. The zero-order valence-corrected chi connectivity index (χ0v) is 15.4. The summed E-state index contributed by atoms with van der Waals surface area (Å²) in [7, 11) is 0. The van der Waals surface area contributed by atoms with Gasteiger partial charge in [0.25, 0.3) is 0 Å². The molecule has 2 N–H and O–H groups in total. The maximum atomic E-state index is 12.8. The van der Waals surface area contributed by atoms with Gasteiger partial charge in [0.1, 0.15) is 11.6 Å². The van der Waals surface area contributed by atoms with Crippen LogP contribution in [-0.4, -0.2) is 35.7 Å². The first kappa shape index (κ1) is 20.3. The first-order chi connectivity index (χ1) is 12.6. The number of hydrogen-bond acceptors (Lipinski definition) is 4. The number of amides is 1. The number of thioether (sulfide) groups is 1. The highest BCUT2D eigenvalue weighted by Crippen LogP contribution is 2.17. The summed E-state index contributed by atoms with van der Waals surface area (Å²) in [4.78, 5) is 11.8. The van der Waals surface area contributed by atoms with Gasteiger partial charge >= 0.3 is 0 Å². The monoisotopic (exact) mass is 377 g/mol. The fourth-order valence-corrected chi connectivity index (χ4v) is 3.08. The number of carbonyl (C=O) groups is 1. The summed E-state index contributed by atoms with van der Waals surface area (Å²) in [5.41, 5.74) is 0.863. The number of unbranched alkanes of at least 4 members (excludes halogenated alkanes) is 1. The summed E-state index contributed by atoms with van der Waals surface area (Å²) >= 11 is 1.41. The number of ether oxygens (including phenoxy) is 1. The van der Waals surface area contributed by atoms with Gasteiger partial charge in [0.2, 0.25) is 5.91 Å². The van der Waals surface area contributed by atoms with Crippen LogP contribution in [-0.2, 0) is 4.79 Å². The summed E-state index contributed by atoms with van der Waals surface area (Å²) < 4.78 is 18.2. The molecule has 26 heavy (non-hydrogen) atoms. The topological polar surface area (TPSA) is 58.6 Å². The molecule has 1 amide bonds. The molecule has 140 valence electrons. The zero-order chi connectivity index (χ0) is 18.6. The fraction of sp³-hybridized carbons (Fsp3) is 0.350. The minimum absolute atomic E-state index is 0.0327. The van der Waals surface area contributed by atoms with Gasteiger partial charge in [0, 0.05) is 12.3 Å². The molecule has 6 heteroatoms. The van der Waals surface area contributed by atoms with Crippen molar-refractivity contribution in [2.45, 2.75) is 18.9 Å². The van der Waals surface area contributed by atoms with E-state index < -0.39 is 6.10 Å². The molecule has 4 nitrogen and oxygen atoms in total. The minimum Gasteiger partial charge on any atom is -0.494 e. The molecule has 0 spiro atoms. The second-order valence-electron chi connectivity index (χ2n) is 5.80. The maximum Gasteiger partial charge on any atom is 0.229 e. The Labute approximate surface area is 157 Å². The number of nitrogens with one attached hydrogen (secondary N) is 1. The standard InChI is InChI=1S/C20H24FNO3S/c21-17-8-10-18(11-9-17)25-13-5-4-12-22-20(24)15-26-14-19(23)16-6-2-1-3-7-16/h1-3,6-11,19,23H,4-5,12-15H2,(H,22,24). The van der Waals surface area contributed by atoms with E-state index in [1.165, 1.54) is 23.9 Å². The van der Waals surface area contributed by atoms with E-state index in [1.807, 2.05) is 30.3 Å². The molecule has 0 aliphatic rings. The largest absolute Gasteiger partial charge is 0.494 e. The van der Waals surface area contributed by atoms with Crippen molar-refractivity contribution in [1.29, 1.82) is 0 Å². The van der Waals surface area contributed by atoms with Crippen LogP contribution < -0.4 is 10.1 Å². The SMILES string of the molecule is O=C(CSCC(O)c1ccccc1)NCCCCOc1ccc(F)cc1. The molecule has 0 bridgehead atoms. The Bertz CT molecular complexity index is 652. The molecule has 0 aliphatic heterocycles. The van der Waals surface area contributed by atoms with Crippen LogP contribution in [0.15, 0.2) is 54.6 Å². The summed E-state index contributed by atoms with van der Waals surface area (Å²) in [5, 5.41) is 12.9. The molecule has 0 aromatic heterocycles. The molecule has 0 saturated heterocycles. The van der Waals surface area contributed by atoms with Crippen LogP contribution in [0, 0.1) is 5.82 Å². The molecule has 2 aromatic carbocycles. The highest BCUT2D eigenvalue weighted by Gasteiger charge is 2.08. The van der Waals surface area contributed by atoms with E-state index in [0.29, 0.717) is 30.4 Å². The maximum absolute atomic E-state index is 12.8. The van der Waals surface area contributed by atoms with Crippen LogP contribution >= 0.6 is 11.8 Å². The van der Waals surface area contributed by atoms with Crippen molar-refractivity contribution in [2.24, 2.45) is 0 Å². The van der Waals surface area contributed by atoms with Gasteiger partial charge in [-0.25, -0.2) is 4.39 Å². The Balaban J connectivity index is 1.48. The molecule has 0 fully saturated rings. The Morgan fingerprint density at radius 3 is 2.58 bits per heavy atom. The lowest BCUT2D eigenvalue weighted by molar-refractivity contribution is -0.118. The Morgan fingerprint density at radius 2 is 1.85 bits per heavy atom.